The molecule has 0 bridgehead atoms. The number of rotatable bonds is 1. The van der Waals surface area contributed by atoms with Crippen LogP contribution in [0.1, 0.15) is 47.0 Å². The number of carbonyl (C=O) groups excluding carboxylic acids is 2. The summed E-state index contributed by atoms with van der Waals surface area (Å²) in [5.74, 6) is -0.235. The van der Waals surface area contributed by atoms with E-state index in [0.29, 0.717) is 6.42 Å². The average molecular weight is 310 g/mol. The van der Waals surface area contributed by atoms with Gasteiger partial charge in [-0.2, -0.15) is 0 Å². The van der Waals surface area contributed by atoms with Gasteiger partial charge in [-0.25, -0.2) is 0 Å². The summed E-state index contributed by atoms with van der Waals surface area (Å²) >= 11 is 0. The Morgan fingerprint density at radius 2 is 2.09 bits per heavy atom. The Kier molecular flexibility index (Phi) is 3.75. The molecule has 3 fully saturated rings. The highest BCUT2D eigenvalue weighted by molar-refractivity contribution is 5.75. The smallest absolute Gasteiger partial charge is 0.309 e. The molecular formula is C17H26O5. The number of aliphatic hydroxyl groups excluding tert-OH is 1. The Hall–Kier alpha value is -1.10. The Balaban J connectivity index is 1.95. The molecule has 22 heavy (non-hydrogen) atoms. The number of fused-ring (bicyclic) bond motifs is 3. The second-order valence-corrected chi connectivity index (χ2v) is 7.68. The van der Waals surface area contributed by atoms with Gasteiger partial charge in [-0.05, 0) is 18.8 Å². The topological polar surface area (TPSA) is 72.8 Å². The molecule has 1 N–H and O–H groups in total. The third-order valence-corrected chi connectivity index (χ3v) is 6.49. The van der Waals surface area contributed by atoms with Gasteiger partial charge in [0.2, 0.25) is 0 Å². The van der Waals surface area contributed by atoms with Gasteiger partial charge in [0.25, 0.3) is 0 Å². The first kappa shape index (κ1) is 15.8. The van der Waals surface area contributed by atoms with Gasteiger partial charge in [0, 0.05) is 30.6 Å². The first-order chi connectivity index (χ1) is 10.3. The van der Waals surface area contributed by atoms with Crippen LogP contribution in [0, 0.1) is 29.1 Å². The van der Waals surface area contributed by atoms with Crippen molar-refractivity contribution in [2.24, 2.45) is 29.1 Å². The molecule has 0 spiro atoms. The highest BCUT2D eigenvalue weighted by Gasteiger charge is 2.62. The monoisotopic (exact) mass is 310 g/mol. The van der Waals surface area contributed by atoms with Crippen LogP contribution in [0.2, 0.25) is 0 Å². The van der Waals surface area contributed by atoms with E-state index >= 15 is 0 Å². The number of aliphatic hydroxyl groups is 1. The Labute approximate surface area is 131 Å². The molecule has 0 radical (unpaired) electrons. The van der Waals surface area contributed by atoms with Crippen LogP contribution in [-0.2, 0) is 19.1 Å². The number of ether oxygens (including phenoxy) is 2. The van der Waals surface area contributed by atoms with Gasteiger partial charge in [0.05, 0.1) is 12.0 Å². The molecule has 0 aromatic rings. The van der Waals surface area contributed by atoms with Gasteiger partial charge in [-0.1, -0.05) is 20.8 Å². The maximum Gasteiger partial charge on any atom is 0.309 e. The van der Waals surface area contributed by atoms with E-state index in [0.717, 1.165) is 12.8 Å². The van der Waals surface area contributed by atoms with Crippen LogP contribution in [0.3, 0.4) is 0 Å². The minimum absolute atomic E-state index is 0.0303. The molecule has 2 aliphatic carbocycles. The molecule has 0 amide bonds. The van der Waals surface area contributed by atoms with Crippen LogP contribution in [-0.4, -0.2) is 35.4 Å². The highest BCUT2D eigenvalue weighted by Crippen LogP contribution is 2.58. The maximum atomic E-state index is 12.0. The predicted molar refractivity (Wildman–Crippen MR) is 78.7 cm³/mol. The molecule has 0 unspecified atom stereocenters. The molecule has 3 aliphatic rings. The van der Waals surface area contributed by atoms with E-state index in [2.05, 4.69) is 6.92 Å². The van der Waals surface area contributed by atoms with E-state index in [9.17, 15) is 14.7 Å². The van der Waals surface area contributed by atoms with Crippen molar-refractivity contribution in [1.82, 2.24) is 0 Å². The van der Waals surface area contributed by atoms with E-state index in [4.69, 9.17) is 9.47 Å². The highest BCUT2D eigenvalue weighted by atomic mass is 16.6. The molecule has 0 aromatic heterocycles. The fourth-order valence-electron chi connectivity index (χ4n) is 5.16. The first-order valence-electron chi connectivity index (χ1n) is 8.31. The lowest BCUT2D eigenvalue weighted by Crippen LogP contribution is -2.60. The van der Waals surface area contributed by atoms with Crippen LogP contribution >= 0.6 is 0 Å². The van der Waals surface area contributed by atoms with Crippen molar-refractivity contribution in [3.05, 3.63) is 0 Å². The van der Waals surface area contributed by atoms with Crippen LogP contribution in [0.5, 0.6) is 0 Å². The third kappa shape index (κ3) is 2.16. The second kappa shape index (κ2) is 5.22. The molecule has 0 aromatic carbocycles. The largest absolute Gasteiger partial charge is 0.462 e. The van der Waals surface area contributed by atoms with Crippen molar-refractivity contribution in [3.63, 3.8) is 0 Å². The minimum Gasteiger partial charge on any atom is -0.462 e. The summed E-state index contributed by atoms with van der Waals surface area (Å²) in [4.78, 5) is 23.5. The van der Waals surface area contributed by atoms with E-state index in [-0.39, 0.29) is 53.2 Å². The van der Waals surface area contributed by atoms with Crippen molar-refractivity contribution >= 4 is 11.9 Å². The van der Waals surface area contributed by atoms with Crippen molar-refractivity contribution in [3.8, 4) is 0 Å². The number of esters is 2. The molecule has 124 valence electrons. The van der Waals surface area contributed by atoms with Gasteiger partial charge in [0.1, 0.15) is 12.2 Å². The predicted octanol–water partition coefficient (Wildman–Crippen LogP) is 1.91. The lowest BCUT2D eigenvalue weighted by Gasteiger charge is -2.56. The van der Waals surface area contributed by atoms with Gasteiger partial charge < -0.3 is 14.6 Å². The van der Waals surface area contributed by atoms with Gasteiger partial charge in [-0.3, -0.25) is 9.59 Å². The Bertz CT molecular complexity index is 489. The molecule has 3 rings (SSSR count). The number of hydrogen-bond acceptors (Lipinski definition) is 5. The quantitative estimate of drug-likeness (QED) is 0.749. The van der Waals surface area contributed by atoms with Gasteiger partial charge in [0.15, 0.2) is 0 Å². The zero-order chi connectivity index (χ0) is 16.2. The molecular weight excluding hydrogens is 284 g/mol. The Morgan fingerprint density at radius 1 is 1.41 bits per heavy atom. The summed E-state index contributed by atoms with van der Waals surface area (Å²) in [6.45, 7) is 7.49. The van der Waals surface area contributed by atoms with Crippen LogP contribution in [0.15, 0.2) is 0 Å². The van der Waals surface area contributed by atoms with E-state index in [1.54, 1.807) is 0 Å². The molecule has 5 nitrogen and oxygen atoms in total. The van der Waals surface area contributed by atoms with Crippen LogP contribution < -0.4 is 0 Å². The summed E-state index contributed by atoms with van der Waals surface area (Å²) in [5.41, 5.74) is -0.240. The lowest BCUT2D eigenvalue weighted by molar-refractivity contribution is -0.202. The summed E-state index contributed by atoms with van der Waals surface area (Å²) in [6, 6.07) is 0. The molecule has 1 saturated heterocycles. The molecule has 1 aliphatic heterocycles. The van der Waals surface area contributed by atoms with Crippen molar-refractivity contribution < 1.29 is 24.2 Å². The molecule has 5 heteroatoms. The van der Waals surface area contributed by atoms with E-state index < -0.39 is 6.10 Å². The standard InChI is InChI=1S/C17H26O5/c1-8-11-5-6-17(4)13(21-10(3)18)7-12(19)9(2)14(17)15(11)22-16(8)20/h8-9,11-15,19H,5-7H2,1-4H3/t8-,9-,11-,12-,13+,14+,15-,17-/m0/s1. The fraction of sp³-hybridized carbons (Fsp3) is 0.882. The zero-order valence-electron chi connectivity index (χ0n) is 13.7. The van der Waals surface area contributed by atoms with Crippen LogP contribution in [0.25, 0.3) is 0 Å². The third-order valence-electron chi connectivity index (χ3n) is 6.49. The molecule has 1 heterocycles. The molecule has 2 saturated carbocycles. The minimum atomic E-state index is -0.532. The van der Waals surface area contributed by atoms with Gasteiger partial charge in [-0.15, -0.1) is 0 Å². The average Bonchev–Trinajstić information content (AvgIpc) is 2.71. The van der Waals surface area contributed by atoms with Crippen LogP contribution in [0.4, 0.5) is 0 Å². The number of carbonyl (C=O) groups is 2. The summed E-state index contributed by atoms with van der Waals surface area (Å²) in [5, 5.41) is 10.4. The van der Waals surface area contributed by atoms with Crippen molar-refractivity contribution in [2.75, 3.05) is 0 Å². The summed E-state index contributed by atoms with van der Waals surface area (Å²) < 4.78 is 11.2. The normalized spacial score (nSPS) is 50.8. The first-order valence-corrected chi connectivity index (χ1v) is 8.31. The van der Waals surface area contributed by atoms with E-state index in [1.165, 1.54) is 6.92 Å². The zero-order valence-corrected chi connectivity index (χ0v) is 13.7. The fourth-order valence-corrected chi connectivity index (χ4v) is 5.16. The van der Waals surface area contributed by atoms with Crippen molar-refractivity contribution in [1.29, 1.82) is 0 Å². The van der Waals surface area contributed by atoms with Crippen molar-refractivity contribution in [2.45, 2.75) is 65.3 Å². The lowest BCUT2D eigenvalue weighted by atomic mass is 9.51. The maximum absolute atomic E-state index is 12.0. The van der Waals surface area contributed by atoms with Gasteiger partial charge >= 0.3 is 11.9 Å². The number of hydrogen-bond donors (Lipinski definition) is 1. The van der Waals surface area contributed by atoms with E-state index in [1.807, 2.05) is 13.8 Å². The summed E-state index contributed by atoms with van der Waals surface area (Å²) in [7, 11) is 0. The molecule has 8 atom stereocenters. The SMILES string of the molecule is CC(=O)O[C@@H]1C[C@H](O)[C@H](C)[C@@H]2[C@H]3OC(=O)[C@@H](C)[C@@H]3CC[C@]21C. The summed E-state index contributed by atoms with van der Waals surface area (Å²) in [6.07, 6.45) is 1.27. The second-order valence-electron chi connectivity index (χ2n) is 7.68. The Morgan fingerprint density at radius 3 is 2.73 bits per heavy atom.